The van der Waals surface area contributed by atoms with Gasteiger partial charge in [0, 0.05) is 18.3 Å². The van der Waals surface area contributed by atoms with E-state index in [1.165, 1.54) is 6.20 Å². The lowest BCUT2D eigenvalue weighted by atomic mass is 10.1. The second-order valence-electron chi connectivity index (χ2n) is 6.39. The fourth-order valence-electron chi connectivity index (χ4n) is 2.89. The molecule has 2 aromatic heterocycles. The summed E-state index contributed by atoms with van der Waals surface area (Å²) in [6, 6.07) is 17.1. The fourth-order valence-corrected chi connectivity index (χ4v) is 2.89. The van der Waals surface area contributed by atoms with Gasteiger partial charge in [0.2, 0.25) is 11.7 Å². The normalized spacial score (nSPS) is 10.7. The zero-order valence-corrected chi connectivity index (χ0v) is 15.8. The van der Waals surface area contributed by atoms with Crippen LogP contribution < -0.4 is 10.1 Å². The zero-order valence-electron chi connectivity index (χ0n) is 15.8. The standard InChI is InChI=1S/C22H18N4O4/c27-13-12-23-21(29)16-4-3-11-24-22(16)30-15-9-7-14(8-10-15)19(28)20-25-17-5-1-2-6-18(17)26-20/h1-11,27H,12-13H2,(H,23,29)(H,25,26). The predicted octanol–water partition coefficient (Wildman–Crippen LogP) is 2.70. The van der Waals surface area contributed by atoms with Gasteiger partial charge >= 0.3 is 0 Å². The SMILES string of the molecule is O=C(c1ccc(Oc2ncccc2C(=O)NCCO)cc1)c1nc2ccccc2[nH]1. The van der Waals surface area contributed by atoms with E-state index in [0.29, 0.717) is 11.3 Å². The molecule has 30 heavy (non-hydrogen) atoms. The van der Waals surface area contributed by atoms with E-state index >= 15 is 0 Å². The van der Waals surface area contributed by atoms with E-state index < -0.39 is 5.91 Å². The lowest BCUT2D eigenvalue weighted by molar-refractivity contribution is 0.0941. The first-order valence-corrected chi connectivity index (χ1v) is 9.27. The van der Waals surface area contributed by atoms with Gasteiger partial charge in [-0.05, 0) is 48.5 Å². The third-order valence-corrected chi connectivity index (χ3v) is 4.35. The predicted molar refractivity (Wildman–Crippen MR) is 110 cm³/mol. The van der Waals surface area contributed by atoms with Crippen LogP contribution in [0.1, 0.15) is 26.5 Å². The molecule has 2 aromatic carbocycles. The lowest BCUT2D eigenvalue weighted by Gasteiger charge is -2.10. The van der Waals surface area contributed by atoms with E-state index in [1.54, 1.807) is 36.4 Å². The number of aliphatic hydroxyl groups excluding tert-OH is 1. The van der Waals surface area contributed by atoms with E-state index in [2.05, 4.69) is 20.3 Å². The summed E-state index contributed by atoms with van der Waals surface area (Å²) in [5.74, 6) is 0.177. The number of hydrogen-bond donors (Lipinski definition) is 3. The number of benzene rings is 2. The van der Waals surface area contributed by atoms with Crippen LogP contribution in [0, 0.1) is 0 Å². The number of nitrogens with one attached hydrogen (secondary N) is 2. The molecule has 0 bridgehead atoms. The zero-order chi connectivity index (χ0) is 20.9. The summed E-state index contributed by atoms with van der Waals surface area (Å²) in [4.78, 5) is 36.4. The van der Waals surface area contributed by atoms with Crippen LogP contribution in [0.5, 0.6) is 11.6 Å². The van der Waals surface area contributed by atoms with Crippen molar-refractivity contribution >= 4 is 22.7 Å². The minimum absolute atomic E-state index is 0.129. The van der Waals surface area contributed by atoms with Gasteiger partial charge in [0.05, 0.1) is 17.6 Å². The number of amides is 1. The van der Waals surface area contributed by atoms with Crippen LogP contribution >= 0.6 is 0 Å². The Kier molecular flexibility index (Phi) is 5.49. The molecule has 0 radical (unpaired) electrons. The quantitative estimate of drug-likeness (QED) is 0.409. The third kappa shape index (κ3) is 4.03. The molecule has 150 valence electrons. The number of imidazole rings is 1. The number of H-pyrrole nitrogens is 1. The summed E-state index contributed by atoms with van der Waals surface area (Å²) in [6.45, 7) is -0.0331. The molecule has 0 aliphatic rings. The first-order chi connectivity index (χ1) is 14.7. The van der Waals surface area contributed by atoms with Gasteiger partial charge in [-0.2, -0.15) is 0 Å². The van der Waals surface area contributed by atoms with Crippen LogP contribution in [-0.4, -0.2) is 44.9 Å². The highest BCUT2D eigenvalue weighted by Crippen LogP contribution is 2.24. The molecule has 8 heteroatoms. The van der Waals surface area contributed by atoms with Crippen molar-refractivity contribution in [3.63, 3.8) is 0 Å². The van der Waals surface area contributed by atoms with Crippen LogP contribution in [0.25, 0.3) is 11.0 Å². The summed E-state index contributed by atoms with van der Waals surface area (Å²) in [5.41, 5.74) is 2.21. The Hall–Kier alpha value is -4.04. The van der Waals surface area contributed by atoms with Gasteiger partial charge in [-0.15, -0.1) is 0 Å². The van der Waals surface area contributed by atoms with Crippen molar-refractivity contribution in [1.82, 2.24) is 20.3 Å². The highest BCUT2D eigenvalue weighted by molar-refractivity contribution is 6.08. The van der Waals surface area contributed by atoms with Crippen molar-refractivity contribution < 1.29 is 19.4 Å². The minimum atomic E-state index is -0.399. The van der Waals surface area contributed by atoms with Crippen molar-refractivity contribution in [1.29, 1.82) is 0 Å². The monoisotopic (exact) mass is 402 g/mol. The van der Waals surface area contributed by atoms with Crippen LogP contribution in [0.2, 0.25) is 0 Å². The van der Waals surface area contributed by atoms with Gasteiger partial charge in [0.15, 0.2) is 5.82 Å². The molecule has 2 heterocycles. The van der Waals surface area contributed by atoms with E-state index in [1.807, 2.05) is 24.3 Å². The number of aliphatic hydroxyl groups is 1. The molecule has 0 aliphatic heterocycles. The number of ketones is 1. The van der Waals surface area contributed by atoms with Crippen molar-refractivity contribution in [2.24, 2.45) is 0 Å². The molecule has 0 saturated heterocycles. The Morgan fingerprint density at radius 2 is 1.83 bits per heavy atom. The van der Waals surface area contributed by atoms with Crippen LogP contribution in [-0.2, 0) is 0 Å². The Bertz CT molecular complexity index is 1170. The summed E-state index contributed by atoms with van der Waals surface area (Å²) in [6.07, 6.45) is 1.51. The first kappa shape index (κ1) is 19.3. The van der Waals surface area contributed by atoms with Gasteiger partial charge in [-0.25, -0.2) is 9.97 Å². The Morgan fingerprint density at radius 1 is 1.03 bits per heavy atom. The number of para-hydroxylation sites is 2. The van der Waals surface area contributed by atoms with Crippen molar-refractivity contribution in [3.05, 3.63) is 83.8 Å². The summed E-state index contributed by atoms with van der Waals surface area (Å²) < 4.78 is 5.73. The van der Waals surface area contributed by atoms with E-state index in [4.69, 9.17) is 9.84 Å². The number of aromatic nitrogens is 3. The topological polar surface area (TPSA) is 117 Å². The maximum absolute atomic E-state index is 12.7. The molecule has 8 nitrogen and oxygen atoms in total. The highest BCUT2D eigenvalue weighted by Gasteiger charge is 2.16. The summed E-state index contributed by atoms with van der Waals surface area (Å²) in [5, 5.41) is 11.4. The number of fused-ring (bicyclic) bond motifs is 1. The smallest absolute Gasteiger partial charge is 0.256 e. The molecule has 4 rings (SSSR count). The molecule has 0 spiro atoms. The van der Waals surface area contributed by atoms with Gasteiger partial charge in [0.1, 0.15) is 11.3 Å². The largest absolute Gasteiger partial charge is 0.438 e. The molecule has 0 fully saturated rings. The van der Waals surface area contributed by atoms with E-state index in [9.17, 15) is 9.59 Å². The van der Waals surface area contributed by atoms with Crippen molar-refractivity contribution in [3.8, 4) is 11.6 Å². The molecule has 0 saturated carbocycles. The Balaban J connectivity index is 1.52. The van der Waals surface area contributed by atoms with Crippen LogP contribution in [0.15, 0.2) is 66.9 Å². The van der Waals surface area contributed by atoms with Gasteiger partial charge in [0.25, 0.3) is 5.91 Å². The van der Waals surface area contributed by atoms with Crippen molar-refractivity contribution in [2.45, 2.75) is 0 Å². The van der Waals surface area contributed by atoms with E-state index in [0.717, 1.165) is 11.0 Å². The molecule has 3 N–H and O–H groups in total. The number of aromatic amines is 1. The third-order valence-electron chi connectivity index (χ3n) is 4.35. The van der Waals surface area contributed by atoms with Gasteiger partial charge < -0.3 is 20.1 Å². The Morgan fingerprint density at radius 3 is 2.60 bits per heavy atom. The molecular weight excluding hydrogens is 384 g/mol. The number of carbonyl (C=O) groups excluding carboxylic acids is 2. The number of nitrogens with zero attached hydrogens (tertiary/aromatic N) is 2. The first-order valence-electron chi connectivity index (χ1n) is 9.27. The number of pyridine rings is 1. The average molecular weight is 402 g/mol. The molecular formula is C22H18N4O4. The lowest BCUT2D eigenvalue weighted by Crippen LogP contribution is -2.26. The second-order valence-corrected chi connectivity index (χ2v) is 6.39. The summed E-state index contributed by atoms with van der Waals surface area (Å²) in [7, 11) is 0. The minimum Gasteiger partial charge on any atom is -0.438 e. The number of ether oxygens (including phenoxy) is 1. The molecule has 0 atom stereocenters. The van der Waals surface area contributed by atoms with Gasteiger partial charge in [-0.3, -0.25) is 9.59 Å². The second kappa shape index (κ2) is 8.54. The number of rotatable bonds is 7. The molecule has 4 aromatic rings. The molecule has 0 aliphatic carbocycles. The maximum atomic E-state index is 12.7. The van der Waals surface area contributed by atoms with Crippen LogP contribution in [0.3, 0.4) is 0 Å². The molecule has 1 amide bonds. The van der Waals surface area contributed by atoms with E-state index in [-0.39, 0.29) is 36.2 Å². The number of carbonyl (C=O) groups is 2. The fraction of sp³-hybridized carbons (Fsp3) is 0.0909. The average Bonchev–Trinajstić information content (AvgIpc) is 3.22. The number of hydrogen-bond acceptors (Lipinski definition) is 6. The molecule has 0 unspecified atom stereocenters. The maximum Gasteiger partial charge on any atom is 0.256 e. The van der Waals surface area contributed by atoms with Gasteiger partial charge in [-0.1, -0.05) is 12.1 Å². The van der Waals surface area contributed by atoms with Crippen LogP contribution in [0.4, 0.5) is 0 Å². The highest BCUT2D eigenvalue weighted by atomic mass is 16.5. The Labute approximate surface area is 171 Å². The van der Waals surface area contributed by atoms with Crippen molar-refractivity contribution in [2.75, 3.05) is 13.2 Å². The summed E-state index contributed by atoms with van der Waals surface area (Å²) >= 11 is 0.